The second-order valence-electron chi connectivity index (χ2n) is 6.87. The van der Waals surface area contributed by atoms with E-state index in [-0.39, 0.29) is 6.42 Å². The van der Waals surface area contributed by atoms with Crippen molar-refractivity contribution >= 4 is 27.3 Å². The number of hydrogen-bond donors (Lipinski definition) is 1. The van der Waals surface area contributed by atoms with Crippen molar-refractivity contribution in [2.24, 2.45) is 5.73 Å². The fourth-order valence-electron chi connectivity index (χ4n) is 3.35. The van der Waals surface area contributed by atoms with Crippen molar-refractivity contribution in [2.45, 2.75) is 12.6 Å². The molecule has 0 saturated carbocycles. The number of carbonyl (C=O) groups excluding carboxylic acids is 1. The maximum absolute atomic E-state index is 14.4. The van der Waals surface area contributed by atoms with E-state index in [1.165, 1.54) is 23.5 Å². The second kappa shape index (κ2) is 7.57. The molecule has 1 heterocycles. The predicted octanol–water partition coefficient (Wildman–Crippen LogP) is 6.42. The Bertz CT molecular complexity index is 1260. The van der Waals surface area contributed by atoms with Crippen molar-refractivity contribution in [2.75, 3.05) is 0 Å². The lowest BCUT2D eigenvalue weighted by atomic mass is 10.0. The van der Waals surface area contributed by atoms with Gasteiger partial charge in [0.2, 0.25) is 5.91 Å². The van der Waals surface area contributed by atoms with Crippen LogP contribution in [0.5, 0.6) is 0 Å². The zero-order valence-corrected chi connectivity index (χ0v) is 16.3. The van der Waals surface area contributed by atoms with Gasteiger partial charge in [0.25, 0.3) is 0 Å². The summed E-state index contributed by atoms with van der Waals surface area (Å²) in [6.45, 7) is 0. The van der Waals surface area contributed by atoms with Gasteiger partial charge in [0.15, 0.2) is 0 Å². The van der Waals surface area contributed by atoms with E-state index in [1.807, 2.05) is 0 Å². The Labute approximate surface area is 173 Å². The number of thiophene rings is 1. The van der Waals surface area contributed by atoms with Gasteiger partial charge in [-0.2, -0.15) is 13.2 Å². The van der Waals surface area contributed by atoms with Gasteiger partial charge in [-0.05, 0) is 47.0 Å². The molecular formula is C23H15F4NOS. The van der Waals surface area contributed by atoms with E-state index in [4.69, 9.17) is 5.73 Å². The Morgan fingerprint density at radius 3 is 2.47 bits per heavy atom. The van der Waals surface area contributed by atoms with Crippen LogP contribution < -0.4 is 5.73 Å². The molecule has 0 radical (unpaired) electrons. The molecule has 0 fully saturated rings. The Morgan fingerprint density at radius 2 is 1.73 bits per heavy atom. The quantitative estimate of drug-likeness (QED) is 0.374. The number of rotatable bonds is 4. The van der Waals surface area contributed by atoms with E-state index in [0.717, 1.165) is 22.6 Å². The molecule has 4 rings (SSSR count). The first kappa shape index (κ1) is 20.1. The van der Waals surface area contributed by atoms with Crippen molar-refractivity contribution in [3.8, 4) is 11.1 Å². The first-order chi connectivity index (χ1) is 14.2. The van der Waals surface area contributed by atoms with Crippen LogP contribution in [0.2, 0.25) is 0 Å². The molecule has 0 saturated heterocycles. The summed E-state index contributed by atoms with van der Waals surface area (Å²) in [5, 5.41) is 0.393. The summed E-state index contributed by atoms with van der Waals surface area (Å²) >= 11 is 1.32. The molecule has 30 heavy (non-hydrogen) atoms. The minimum absolute atomic E-state index is 0.253. The Balaban J connectivity index is 1.76. The summed E-state index contributed by atoms with van der Waals surface area (Å²) < 4.78 is 54.0. The van der Waals surface area contributed by atoms with Crippen LogP contribution in [0, 0.1) is 5.82 Å². The lowest BCUT2D eigenvalue weighted by molar-refractivity contribution is -0.137. The van der Waals surface area contributed by atoms with Crippen molar-refractivity contribution in [3.05, 3.63) is 94.1 Å². The fraction of sp³-hybridized carbons (Fsp3) is 0.0870. The average molecular weight is 429 g/mol. The van der Waals surface area contributed by atoms with Gasteiger partial charge >= 0.3 is 6.18 Å². The lowest BCUT2D eigenvalue weighted by Crippen LogP contribution is -2.10. The Hall–Kier alpha value is -3.19. The number of carbonyl (C=O) groups is 1. The molecule has 0 aliphatic rings. The molecule has 2 N–H and O–H groups in total. The Morgan fingerprint density at radius 1 is 0.967 bits per heavy atom. The number of primary amides is 1. The van der Waals surface area contributed by atoms with Crippen LogP contribution in [0.15, 0.2) is 66.7 Å². The van der Waals surface area contributed by atoms with E-state index in [1.54, 1.807) is 42.5 Å². The van der Waals surface area contributed by atoms with E-state index in [2.05, 4.69) is 0 Å². The molecule has 0 spiro atoms. The predicted molar refractivity (Wildman–Crippen MR) is 110 cm³/mol. The van der Waals surface area contributed by atoms with Gasteiger partial charge in [0.1, 0.15) is 5.82 Å². The number of hydrogen-bond acceptors (Lipinski definition) is 2. The van der Waals surface area contributed by atoms with Crippen molar-refractivity contribution in [1.82, 2.24) is 0 Å². The normalized spacial score (nSPS) is 11.7. The second-order valence-corrected chi connectivity index (χ2v) is 8.01. The monoisotopic (exact) mass is 429 g/mol. The number of alkyl halides is 3. The maximum atomic E-state index is 14.4. The number of nitrogens with two attached hydrogens (primary N) is 1. The zero-order chi connectivity index (χ0) is 21.5. The highest BCUT2D eigenvalue weighted by Crippen LogP contribution is 2.38. The fourth-order valence-corrected chi connectivity index (χ4v) is 4.59. The smallest absolute Gasteiger partial charge is 0.366 e. The van der Waals surface area contributed by atoms with Crippen LogP contribution in [0.4, 0.5) is 17.6 Å². The molecule has 0 unspecified atom stereocenters. The summed E-state index contributed by atoms with van der Waals surface area (Å²) in [6.07, 6.45) is -4.16. The molecule has 3 aromatic carbocycles. The van der Waals surface area contributed by atoms with Gasteiger partial charge in [0.05, 0.1) is 5.56 Å². The van der Waals surface area contributed by atoms with Crippen LogP contribution >= 0.6 is 11.3 Å². The summed E-state index contributed by atoms with van der Waals surface area (Å²) in [5.41, 5.74) is 6.92. The Kier molecular flexibility index (Phi) is 5.07. The highest BCUT2D eigenvalue weighted by Gasteiger charge is 2.30. The standard InChI is InChI=1S/C23H15F4NOS/c24-20-8-7-18(14-4-2-5-15(11-14)22(28)29)21-19(20)12-17(30-21)10-13-3-1-6-16(9-13)23(25,26)27/h1-9,11-12H,10H2,(H2,28,29). The van der Waals surface area contributed by atoms with Crippen LogP contribution in [0.3, 0.4) is 0 Å². The third-order valence-electron chi connectivity index (χ3n) is 4.77. The van der Waals surface area contributed by atoms with Gasteiger partial charge in [-0.1, -0.05) is 36.4 Å². The summed E-state index contributed by atoms with van der Waals surface area (Å²) in [7, 11) is 0. The highest BCUT2D eigenvalue weighted by molar-refractivity contribution is 7.19. The molecule has 152 valence electrons. The van der Waals surface area contributed by atoms with E-state index < -0.39 is 23.5 Å². The van der Waals surface area contributed by atoms with Gasteiger partial charge in [0, 0.05) is 26.9 Å². The molecule has 0 atom stereocenters. The molecule has 4 aromatic rings. The third-order valence-corrected chi connectivity index (χ3v) is 5.94. The van der Waals surface area contributed by atoms with Crippen LogP contribution in [-0.2, 0) is 12.6 Å². The zero-order valence-electron chi connectivity index (χ0n) is 15.5. The average Bonchev–Trinajstić information content (AvgIpc) is 3.12. The molecule has 0 aliphatic heterocycles. The van der Waals surface area contributed by atoms with Crippen LogP contribution in [-0.4, -0.2) is 5.91 Å². The maximum Gasteiger partial charge on any atom is 0.416 e. The van der Waals surface area contributed by atoms with Crippen molar-refractivity contribution in [3.63, 3.8) is 0 Å². The van der Waals surface area contributed by atoms with Crippen molar-refractivity contribution in [1.29, 1.82) is 0 Å². The minimum atomic E-state index is -4.42. The molecule has 0 aliphatic carbocycles. The molecule has 0 bridgehead atoms. The molecule has 2 nitrogen and oxygen atoms in total. The first-order valence-electron chi connectivity index (χ1n) is 8.99. The number of benzene rings is 3. The van der Waals surface area contributed by atoms with Gasteiger partial charge in [-0.15, -0.1) is 11.3 Å². The summed E-state index contributed by atoms with van der Waals surface area (Å²) in [4.78, 5) is 12.2. The van der Waals surface area contributed by atoms with Crippen molar-refractivity contribution < 1.29 is 22.4 Å². The van der Waals surface area contributed by atoms with E-state index >= 15 is 0 Å². The summed E-state index contributed by atoms with van der Waals surface area (Å²) in [5.74, 6) is -0.974. The van der Waals surface area contributed by atoms with Gasteiger partial charge in [-0.25, -0.2) is 4.39 Å². The van der Waals surface area contributed by atoms with Crippen LogP contribution in [0.25, 0.3) is 21.2 Å². The number of halogens is 4. The van der Waals surface area contributed by atoms with Gasteiger partial charge < -0.3 is 5.73 Å². The minimum Gasteiger partial charge on any atom is -0.366 e. The molecular weight excluding hydrogens is 414 g/mol. The molecule has 1 amide bonds. The highest BCUT2D eigenvalue weighted by atomic mass is 32.1. The number of amides is 1. The SMILES string of the molecule is NC(=O)c1cccc(-c2ccc(F)c3cc(Cc4cccc(C(F)(F)F)c4)sc23)c1. The molecule has 7 heteroatoms. The summed E-state index contributed by atoms with van der Waals surface area (Å²) in [6, 6.07) is 16.5. The third kappa shape index (κ3) is 3.93. The largest absolute Gasteiger partial charge is 0.416 e. The topological polar surface area (TPSA) is 43.1 Å². The first-order valence-corrected chi connectivity index (χ1v) is 9.81. The number of fused-ring (bicyclic) bond motifs is 1. The van der Waals surface area contributed by atoms with Crippen LogP contribution in [0.1, 0.15) is 26.4 Å². The van der Waals surface area contributed by atoms with E-state index in [0.29, 0.717) is 26.8 Å². The van der Waals surface area contributed by atoms with E-state index in [9.17, 15) is 22.4 Å². The lowest BCUT2D eigenvalue weighted by Gasteiger charge is -2.08. The molecule has 1 aromatic heterocycles. The van der Waals surface area contributed by atoms with Gasteiger partial charge in [-0.3, -0.25) is 4.79 Å².